The maximum atomic E-state index is 13.7. The number of piperidine rings is 1. The first-order valence-corrected chi connectivity index (χ1v) is 14.0. The molecule has 1 aromatic heterocycles. The summed E-state index contributed by atoms with van der Waals surface area (Å²) in [6.45, 7) is 5.88. The molecule has 0 N–H and O–H groups in total. The van der Waals surface area contributed by atoms with Crippen molar-refractivity contribution in [2.75, 3.05) is 39.3 Å². The fourth-order valence-electron chi connectivity index (χ4n) is 4.75. The standard InChI is InChI=1S/C30H35Cl2N3O3/c1-23-10-12-26(38-23)21-34(17-14-24-8-4-2-5-9-24)29(36)22-35(19-18-33-15-6-3-7-16-33)30(37)27-13-11-25(31)20-28(27)32/h2,4-5,8-13,20H,3,6-7,14-19,21-22H2,1H3. The second kappa shape index (κ2) is 13.8. The van der Waals surface area contributed by atoms with Gasteiger partial charge >= 0.3 is 0 Å². The minimum atomic E-state index is -0.270. The number of amides is 2. The van der Waals surface area contributed by atoms with E-state index in [1.165, 1.54) is 6.42 Å². The molecule has 0 saturated carbocycles. The average molecular weight is 557 g/mol. The van der Waals surface area contributed by atoms with Crippen LogP contribution >= 0.6 is 23.2 Å². The van der Waals surface area contributed by atoms with Crippen molar-refractivity contribution in [2.24, 2.45) is 0 Å². The number of carbonyl (C=O) groups excluding carboxylic acids is 2. The van der Waals surface area contributed by atoms with Gasteiger partial charge in [-0.2, -0.15) is 0 Å². The minimum absolute atomic E-state index is 0.0416. The van der Waals surface area contributed by atoms with Crippen LogP contribution in [0.25, 0.3) is 0 Å². The van der Waals surface area contributed by atoms with Crippen molar-refractivity contribution < 1.29 is 14.0 Å². The van der Waals surface area contributed by atoms with Gasteiger partial charge in [0.15, 0.2) is 0 Å². The monoisotopic (exact) mass is 555 g/mol. The van der Waals surface area contributed by atoms with Crippen LogP contribution in [0.5, 0.6) is 0 Å². The van der Waals surface area contributed by atoms with Crippen LogP contribution in [0.3, 0.4) is 0 Å². The normalized spacial score (nSPS) is 13.9. The third-order valence-corrected chi connectivity index (χ3v) is 7.47. The van der Waals surface area contributed by atoms with Crippen molar-refractivity contribution in [3.8, 4) is 0 Å². The van der Waals surface area contributed by atoms with Crippen LogP contribution < -0.4 is 0 Å². The predicted molar refractivity (Wildman–Crippen MR) is 152 cm³/mol. The summed E-state index contributed by atoms with van der Waals surface area (Å²) in [4.78, 5) is 33.1. The fourth-order valence-corrected chi connectivity index (χ4v) is 5.24. The van der Waals surface area contributed by atoms with Gasteiger partial charge in [-0.15, -0.1) is 0 Å². The van der Waals surface area contributed by atoms with Crippen molar-refractivity contribution in [1.82, 2.24) is 14.7 Å². The Bertz CT molecular complexity index is 1210. The molecule has 2 amide bonds. The Morgan fingerprint density at radius 1 is 0.921 bits per heavy atom. The molecule has 6 nitrogen and oxygen atoms in total. The van der Waals surface area contributed by atoms with Crippen LogP contribution in [0, 0.1) is 6.92 Å². The van der Waals surface area contributed by atoms with E-state index in [2.05, 4.69) is 17.0 Å². The smallest absolute Gasteiger partial charge is 0.255 e. The van der Waals surface area contributed by atoms with Crippen molar-refractivity contribution in [2.45, 2.75) is 39.2 Å². The van der Waals surface area contributed by atoms with E-state index in [4.69, 9.17) is 27.6 Å². The molecule has 0 unspecified atom stereocenters. The van der Waals surface area contributed by atoms with Crippen LogP contribution in [0.1, 0.15) is 46.7 Å². The third kappa shape index (κ3) is 8.10. The number of hydrogen-bond acceptors (Lipinski definition) is 4. The summed E-state index contributed by atoms with van der Waals surface area (Å²) in [6, 6.07) is 18.7. The Hall–Kier alpha value is -2.80. The van der Waals surface area contributed by atoms with Crippen molar-refractivity contribution in [1.29, 1.82) is 0 Å². The molecule has 0 bridgehead atoms. The molecule has 0 aliphatic carbocycles. The zero-order chi connectivity index (χ0) is 26.9. The third-order valence-electron chi connectivity index (χ3n) is 6.92. The zero-order valence-corrected chi connectivity index (χ0v) is 23.4. The maximum Gasteiger partial charge on any atom is 0.255 e. The molecule has 1 saturated heterocycles. The van der Waals surface area contributed by atoms with Gasteiger partial charge in [0.05, 0.1) is 17.1 Å². The minimum Gasteiger partial charge on any atom is -0.464 e. The number of hydrogen-bond donors (Lipinski definition) is 0. The van der Waals surface area contributed by atoms with Gasteiger partial charge in [-0.1, -0.05) is 60.0 Å². The molecular formula is C30H35Cl2N3O3. The lowest BCUT2D eigenvalue weighted by Gasteiger charge is -2.31. The van der Waals surface area contributed by atoms with E-state index < -0.39 is 0 Å². The van der Waals surface area contributed by atoms with E-state index in [-0.39, 0.29) is 23.4 Å². The first kappa shape index (κ1) is 28.2. The van der Waals surface area contributed by atoms with Gasteiger partial charge < -0.3 is 19.1 Å². The molecule has 0 atom stereocenters. The molecular weight excluding hydrogens is 521 g/mol. The van der Waals surface area contributed by atoms with Gasteiger partial charge in [0.2, 0.25) is 5.91 Å². The maximum absolute atomic E-state index is 13.7. The van der Waals surface area contributed by atoms with Gasteiger partial charge in [0.1, 0.15) is 18.1 Å². The van der Waals surface area contributed by atoms with Crippen molar-refractivity contribution in [3.05, 3.63) is 93.4 Å². The molecule has 202 valence electrons. The molecule has 38 heavy (non-hydrogen) atoms. The highest BCUT2D eigenvalue weighted by atomic mass is 35.5. The van der Waals surface area contributed by atoms with Crippen LogP contribution in [-0.2, 0) is 17.8 Å². The highest BCUT2D eigenvalue weighted by molar-refractivity contribution is 6.36. The van der Waals surface area contributed by atoms with Gasteiger partial charge in [0.25, 0.3) is 5.91 Å². The second-order valence-electron chi connectivity index (χ2n) is 9.82. The lowest BCUT2D eigenvalue weighted by Crippen LogP contribution is -2.46. The summed E-state index contributed by atoms with van der Waals surface area (Å²) in [5.74, 6) is 1.11. The molecule has 8 heteroatoms. The van der Waals surface area contributed by atoms with Gasteiger partial charge in [-0.25, -0.2) is 0 Å². The van der Waals surface area contributed by atoms with Crippen LogP contribution in [0.15, 0.2) is 65.1 Å². The number of nitrogens with zero attached hydrogens (tertiary/aromatic N) is 3. The Morgan fingerprint density at radius 3 is 2.37 bits per heavy atom. The van der Waals surface area contributed by atoms with E-state index in [0.717, 1.165) is 43.0 Å². The molecule has 1 fully saturated rings. The molecule has 1 aliphatic rings. The number of aryl methyl sites for hydroxylation is 1. The van der Waals surface area contributed by atoms with Crippen LogP contribution in [-0.4, -0.2) is 65.8 Å². The summed E-state index contributed by atoms with van der Waals surface area (Å²) in [5.41, 5.74) is 1.49. The summed E-state index contributed by atoms with van der Waals surface area (Å²) in [6.07, 6.45) is 4.26. The van der Waals surface area contributed by atoms with Gasteiger partial charge in [-0.3, -0.25) is 9.59 Å². The largest absolute Gasteiger partial charge is 0.464 e. The van der Waals surface area contributed by atoms with Crippen molar-refractivity contribution in [3.63, 3.8) is 0 Å². The summed E-state index contributed by atoms with van der Waals surface area (Å²) in [5, 5.41) is 0.744. The van der Waals surface area contributed by atoms with Crippen LogP contribution in [0.4, 0.5) is 0 Å². The number of rotatable bonds is 11. The molecule has 2 heterocycles. The molecule has 0 spiro atoms. The number of halogens is 2. The lowest BCUT2D eigenvalue weighted by molar-refractivity contribution is -0.132. The average Bonchev–Trinajstić information content (AvgIpc) is 3.34. The Morgan fingerprint density at radius 2 is 1.68 bits per heavy atom. The highest BCUT2D eigenvalue weighted by Gasteiger charge is 2.25. The molecule has 0 radical (unpaired) electrons. The molecule has 4 rings (SSSR count). The zero-order valence-electron chi connectivity index (χ0n) is 21.9. The Labute approximate surface area is 235 Å². The quantitative estimate of drug-likeness (QED) is 0.287. The number of likely N-dealkylation sites (tertiary alicyclic amines) is 1. The SMILES string of the molecule is Cc1ccc(CN(CCc2ccccc2)C(=O)CN(CCN2CCCCC2)C(=O)c2ccc(Cl)cc2Cl)o1. The summed E-state index contributed by atoms with van der Waals surface area (Å²) >= 11 is 12.5. The summed E-state index contributed by atoms with van der Waals surface area (Å²) < 4.78 is 5.78. The van der Waals surface area contributed by atoms with Gasteiger partial charge in [0, 0.05) is 24.7 Å². The first-order chi connectivity index (χ1) is 18.4. The fraction of sp³-hybridized carbons (Fsp3) is 0.400. The topological polar surface area (TPSA) is 57.0 Å². The van der Waals surface area contributed by atoms with Crippen molar-refractivity contribution >= 4 is 35.0 Å². The highest BCUT2D eigenvalue weighted by Crippen LogP contribution is 2.23. The van der Waals surface area contributed by atoms with E-state index in [1.54, 1.807) is 28.0 Å². The first-order valence-electron chi connectivity index (χ1n) is 13.2. The second-order valence-corrected chi connectivity index (χ2v) is 10.7. The Kier molecular flexibility index (Phi) is 10.3. The number of benzene rings is 2. The molecule has 3 aromatic rings. The number of furan rings is 1. The van der Waals surface area contributed by atoms with E-state index in [0.29, 0.717) is 43.2 Å². The lowest BCUT2D eigenvalue weighted by atomic mass is 10.1. The van der Waals surface area contributed by atoms with E-state index >= 15 is 0 Å². The predicted octanol–water partition coefficient (Wildman–Crippen LogP) is 6.09. The Balaban J connectivity index is 1.52. The molecule has 1 aliphatic heterocycles. The van der Waals surface area contributed by atoms with E-state index in [1.807, 2.05) is 37.3 Å². The van der Waals surface area contributed by atoms with Gasteiger partial charge in [-0.05, 0) is 75.2 Å². The van der Waals surface area contributed by atoms with Crippen LogP contribution in [0.2, 0.25) is 10.0 Å². The van der Waals surface area contributed by atoms with E-state index in [9.17, 15) is 9.59 Å². The molecule has 2 aromatic carbocycles. The summed E-state index contributed by atoms with van der Waals surface area (Å²) in [7, 11) is 0. The number of carbonyl (C=O) groups is 2.